The van der Waals surface area contributed by atoms with Crippen molar-refractivity contribution >= 4 is 16.0 Å². The number of rotatable bonds is 4. The Morgan fingerprint density at radius 3 is 2.39 bits per heavy atom. The average Bonchev–Trinajstić information content (AvgIpc) is 2.97. The van der Waals surface area contributed by atoms with Gasteiger partial charge in [-0.15, -0.1) is 0 Å². The fraction of sp³-hybridized carbons (Fsp3) is 0.952. The molecule has 4 aliphatic carbocycles. The highest BCUT2D eigenvalue weighted by Crippen LogP contribution is 2.67. The summed E-state index contributed by atoms with van der Waals surface area (Å²) in [7, 11) is -3.64. The molecule has 0 amide bonds. The maximum Gasteiger partial charge on any atom is 0.274 e. The van der Waals surface area contributed by atoms with Gasteiger partial charge in [-0.25, -0.2) is 5.14 Å². The first kappa shape index (κ1) is 20.8. The third-order valence-corrected chi connectivity index (χ3v) is 10.2. The molecule has 8 atom stereocenters. The van der Waals surface area contributed by atoms with E-state index in [0.717, 1.165) is 51.4 Å². The first-order valence-electron chi connectivity index (χ1n) is 11.0. The third kappa shape index (κ3) is 3.26. The number of aliphatic hydroxyl groups is 1. The second kappa shape index (κ2) is 7.03. The van der Waals surface area contributed by atoms with Gasteiger partial charge in [-0.1, -0.05) is 13.8 Å². The van der Waals surface area contributed by atoms with Crippen LogP contribution in [0.4, 0.5) is 0 Å². The van der Waals surface area contributed by atoms with Crippen LogP contribution in [-0.4, -0.2) is 32.0 Å². The quantitative estimate of drug-likeness (QED) is 0.658. The van der Waals surface area contributed by atoms with Crippen molar-refractivity contribution in [1.82, 2.24) is 4.72 Å². The first-order valence-corrected chi connectivity index (χ1v) is 12.6. The molecule has 0 aromatic rings. The number of fused-ring (bicyclic) bond motifs is 5. The minimum Gasteiger partial charge on any atom is -0.389 e. The summed E-state index contributed by atoms with van der Waals surface area (Å²) in [6, 6.07) is -0.0310. The molecule has 0 heterocycles. The summed E-state index contributed by atoms with van der Waals surface area (Å²) in [5, 5.41) is 14.6. The van der Waals surface area contributed by atoms with Crippen molar-refractivity contribution in [2.45, 2.75) is 77.7 Å². The van der Waals surface area contributed by atoms with E-state index in [9.17, 15) is 18.3 Å². The molecule has 0 radical (unpaired) electrons. The maximum absolute atomic E-state index is 12.4. The second-order valence-electron chi connectivity index (χ2n) is 10.6. The lowest BCUT2D eigenvalue weighted by molar-refractivity contribution is -0.138. The summed E-state index contributed by atoms with van der Waals surface area (Å²) in [6.07, 6.45) is 9.43. The summed E-state index contributed by atoms with van der Waals surface area (Å²) in [5.74, 6) is 2.54. The summed E-state index contributed by atoms with van der Waals surface area (Å²) in [6.45, 7) is 4.43. The maximum atomic E-state index is 12.4. The Kier molecular flexibility index (Phi) is 5.21. The lowest BCUT2D eigenvalue weighted by Gasteiger charge is -2.61. The summed E-state index contributed by atoms with van der Waals surface area (Å²) in [4.78, 5) is 12.4. The van der Waals surface area contributed by atoms with Gasteiger partial charge in [-0.3, -0.25) is 4.79 Å². The summed E-state index contributed by atoms with van der Waals surface area (Å²) >= 11 is 0. The van der Waals surface area contributed by atoms with Gasteiger partial charge in [0.15, 0.2) is 5.78 Å². The van der Waals surface area contributed by atoms with Gasteiger partial charge in [0.05, 0.1) is 0 Å². The van der Waals surface area contributed by atoms with Crippen LogP contribution in [0.15, 0.2) is 0 Å². The Bertz CT molecular complexity index is 741. The van der Waals surface area contributed by atoms with E-state index in [2.05, 4.69) is 18.6 Å². The van der Waals surface area contributed by atoms with Crippen molar-refractivity contribution in [1.29, 1.82) is 0 Å². The van der Waals surface area contributed by atoms with E-state index in [1.165, 1.54) is 6.42 Å². The molecule has 160 valence electrons. The molecule has 0 aromatic heterocycles. The van der Waals surface area contributed by atoms with Gasteiger partial charge in [0.25, 0.3) is 10.2 Å². The van der Waals surface area contributed by atoms with Gasteiger partial charge in [0, 0.05) is 12.0 Å². The van der Waals surface area contributed by atoms with Crippen LogP contribution in [0, 0.1) is 40.4 Å². The molecule has 4 rings (SSSR count). The van der Waals surface area contributed by atoms with Crippen LogP contribution in [-0.2, 0) is 15.0 Å². The highest BCUT2D eigenvalue weighted by molar-refractivity contribution is 7.87. The van der Waals surface area contributed by atoms with Gasteiger partial charge >= 0.3 is 0 Å². The molecule has 0 bridgehead atoms. The standard InChI is InChI=1S/C21H36N2O4S/c1-20-9-7-14(23-28(22,26)27)11-13(20)3-4-15-16-5-6-18(19(25)12-24)21(16,2)10-8-17(15)20/h13-18,23-24H,3-12H2,1-2H3,(H2,22,26,27)/t13-,14-,15-,16-,17-,18+,20-,21-/m0/s1. The zero-order valence-electron chi connectivity index (χ0n) is 17.2. The van der Waals surface area contributed by atoms with Gasteiger partial charge < -0.3 is 5.11 Å². The number of carbonyl (C=O) groups is 1. The van der Waals surface area contributed by atoms with Crippen LogP contribution in [0.2, 0.25) is 0 Å². The fourth-order valence-electron chi connectivity index (χ4n) is 8.24. The van der Waals surface area contributed by atoms with Crippen molar-refractivity contribution in [3.63, 3.8) is 0 Å². The predicted octanol–water partition coefficient (Wildman–Crippen LogP) is 2.37. The van der Waals surface area contributed by atoms with E-state index >= 15 is 0 Å². The number of hydrogen-bond acceptors (Lipinski definition) is 4. The predicted molar refractivity (Wildman–Crippen MR) is 107 cm³/mol. The van der Waals surface area contributed by atoms with Crippen molar-refractivity contribution in [2.75, 3.05) is 6.61 Å². The van der Waals surface area contributed by atoms with Crippen LogP contribution < -0.4 is 9.86 Å². The SMILES string of the molecule is C[C@]12CC[C@H](NS(N)(=O)=O)C[C@@H]1CC[C@@H]1[C@@H]2CC[C@]2(C)[C@@H](C(=O)CO)CC[C@@H]12. The van der Waals surface area contributed by atoms with Crippen molar-refractivity contribution < 1.29 is 18.3 Å². The summed E-state index contributed by atoms with van der Waals surface area (Å²) in [5.41, 5.74) is 0.316. The molecule has 4 aliphatic rings. The van der Waals surface area contributed by atoms with Crippen LogP contribution in [0.1, 0.15) is 71.6 Å². The molecule has 0 aromatic carbocycles. The Labute approximate surface area is 169 Å². The van der Waals surface area contributed by atoms with E-state index < -0.39 is 10.2 Å². The minimum atomic E-state index is -3.64. The lowest BCUT2D eigenvalue weighted by atomic mass is 9.44. The molecule has 0 spiro atoms. The Balaban J connectivity index is 1.52. The molecule has 0 aliphatic heterocycles. The molecule has 28 heavy (non-hydrogen) atoms. The van der Waals surface area contributed by atoms with Gasteiger partial charge in [-0.2, -0.15) is 13.1 Å². The van der Waals surface area contributed by atoms with Crippen molar-refractivity contribution in [3.8, 4) is 0 Å². The number of hydrogen-bond donors (Lipinski definition) is 3. The van der Waals surface area contributed by atoms with Crippen molar-refractivity contribution in [2.24, 2.45) is 45.6 Å². The minimum absolute atomic E-state index is 0.0310. The fourth-order valence-corrected chi connectivity index (χ4v) is 8.92. The van der Waals surface area contributed by atoms with Crippen LogP contribution in [0.25, 0.3) is 0 Å². The lowest BCUT2D eigenvalue weighted by Crippen LogP contribution is -2.56. The highest BCUT2D eigenvalue weighted by Gasteiger charge is 2.61. The van der Waals surface area contributed by atoms with E-state index in [1.54, 1.807) is 0 Å². The Morgan fingerprint density at radius 2 is 1.71 bits per heavy atom. The number of aliphatic hydroxyl groups excluding tert-OH is 1. The normalized spacial score (nSPS) is 48.4. The molecule has 0 unspecified atom stereocenters. The largest absolute Gasteiger partial charge is 0.389 e. The molecule has 0 saturated heterocycles. The molecule has 4 fully saturated rings. The number of carbonyl (C=O) groups excluding carboxylic acids is 1. The van der Waals surface area contributed by atoms with Gasteiger partial charge in [-0.05, 0) is 92.3 Å². The highest BCUT2D eigenvalue weighted by atomic mass is 32.2. The van der Waals surface area contributed by atoms with E-state index in [4.69, 9.17) is 5.14 Å². The van der Waals surface area contributed by atoms with E-state index in [0.29, 0.717) is 23.7 Å². The number of nitrogens with two attached hydrogens (primary N) is 1. The van der Waals surface area contributed by atoms with Gasteiger partial charge in [0.2, 0.25) is 0 Å². The number of nitrogens with one attached hydrogen (secondary N) is 1. The number of Topliss-reactive ketones (excluding diaryl/α,β-unsaturated/α-hetero) is 1. The molecule has 6 nitrogen and oxygen atoms in total. The Morgan fingerprint density at radius 1 is 1.04 bits per heavy atom. The Hall–Kier alpha value is -0.500. The van der Waals surface area contributed by atoms with Crippen LogP contribution in [0.5, 0.6) is 0 Å². The molecule has 7 heteroatoms. The zero-order valence-corrected chi connectivity index (χ0v) is 18.0. The molecule has 4 saturated carbocycles. The molecular weight excluding hydrogens is 376 g/mol. The smallest absolute Gasteiger partial charge is 0.274 e. The molecular formula is C21H36N2O4S. The molecule has 4 N–H and O–H groups in total. The monoisotopic (exact) mass is 412 g/mol. The second-order valence-corrected chi connectivity index (χ2v) is 11.9. The van der Waals surface area contributed by atoms with Crippen LogP contribution in [0.3, 0.4) is 0 Å². The average molecular weight is 413 g/mol. The summed E-state index contributed by atoms with van der Waals surface area (Å²) < 4.78 is 25.6. The van der Waals surface area contributed by atoms with Crippen molar-refractivity contribution in [3.05, 3.63) is 0 Å². The zero-order chi connectivity index (χ0) is 20.3. The van der Waals surface area contributed by atoms with E-state index in [-0.39, 0.29) is 35.2 Å². The third-order valence-electron chi connectivity index (χ3n) is 9.54. The van der Waals surface area contributed by atoms with E-state index in [1.807, 2.05) is 0 Å². The van der Waals surface area contributed by atoms with Crippen LogP contribution >= 0.6 is 0 Å². The van der Waals surface area contributed by atoms with Gasteiger partial charge in [0.1, 0.15) is 6.61 Å². The topological polar surface area (TPSA) is 109 Å². The number of ketones is 1. The first-order chi connectivity index (χ1) is 13.1.